The highest BCUT2D eigenvalue weighted by atomic mass is 19.4. The van der Waals surface area contributed by atoms with E-state index >= 15 is 0 Å². The molecule has 19 heavy (non-hydrogen) atoms. The minimum absolute atomic E-state index is 0.424. The zero-order valence-electron chi connectivity index (χ0n) is 9.82. The third-order valence-corrected chi connectivity index (χ3v) is 2.83. The Morgan fingerprint density at radius 2 is 1.32 bits per heavy atom. The number of hydrogen-bond donors (Lipinski definition) is 2. The Bertz CT molecular complexity index is 475. The lowest BCUT2D eigenvalue weighted by Gasteiger charge is -2.34. The van der Waals surface area contributed by atoms with Crippen LogP contribution in [0.4, 0.5) is 26.3 Å². The molecule has 0 aromatic heterocycles. The fourth-order valence-corrected chi connectivity index (χ4v) is 1.84. The number of phenolic OH excluding ortho intramolecular Hbond substituents is 1. The Labute approximate surface area is 104 Å². The summed E-state index contributed by atoms with van der Waals surface area (Å²) < 4.78 is 76.4. The maximum absolute atomic E-state index is 12.7. The predicted molar refractivity (Wildman–Crippen MR) is 53.6 cm³/mol. The molecular weight excluding hydrogens is 278 g/mol. The van der Waals surface area contributed by atoms with Gasteiger partial charge in [-0.05, 0) is 31.0 Å². The number of alkyl halides is 6. The Morgan fingerprint density at radius 3 is 1.68 bits per heavy atom. The summed E-state index contributed by atoms with van der Waals surface area (Å²) in [5, 5.41) is 18.6. The molecule has 0 spiro atoms. The first kappa shape index (κ1) is 15.6. The summed E-state index contributed by atoms with van der Waals surface area (Å²) in [4.78, 5) is 0. The van der Waals surface area contributed by atoms with E-state index in [0.717, 1.165) is 26.0 Å². The van der Waals surface area contributed by atoms with Gasteiger partial charge in [0.1, 0.15) is 5.75 Å². The smallest absolute Gasteiger partial charge is 0.430 e. The molecule has 0 unspecified atom stereocenters. The van der Waals surface area contributed by atoms with Gasteiger partial charge in [0.15, 0.2) is 0 Å². The van der Waals surface area contributed by atoms with Crippen molar-refractivity contribution in [1.29, 1.82) is 0 Å². The number of hydrogen-bond acceptors (Lipinski definition) is 2. The lowest BCUT2D eigenvalue weighted by atomic mass is 9.85. The molecule has 0 fully saturated rings. The molecule has 0 heterocycles. The van der Waals surface area contributed by atoms with Crippen LogP contribution in [0.1, 0.15) is 16.7 Å². The summed E-state index contributed by atoms with van der Waals surface area (Å²) in [6, 6.07) is 1.83. The third-order valence-electron chi connectivity index (χ3n) is 2.83. The van der Waals surface area contributed by atoms with Crippen LogP contribution in [0.15, 0.2) is 12.1 Å². The van der Waals surface area contributed by atoms with Crippen molar-refractivity contribution in [3.8, 4) is 5.75 Å². The van der Waals surface area contributed by atoms with Crippen molar-refractivity contribution in [2.24, 2.45) is 0 Å². The molecule has 0 amide bonds. The summed E-state index contributed by atoms with van der Waals surface area (Å²) in [7, 11) is 0. The monoisotopic (exact) mass is 288 g/mol. The SMILES string of the molecule is Cc1ccc(O)c(C)c1C(O)(C(F)(F)F)C(F)(F)F. The van der Waals surface area contributed by atoms with Gasteiger partial charge in [0.05, 0.1) is 0 Å². The van der Waals surface area contributed by atoms with Gasteiger partial charge in [-0.3, -0.25) is 0 Å². The molecule has 2 nitrogen and oxygen atoms in total. The molecule has 0 atom stereocenters. The van der Waals surface area contributed by atoms with E-state index in [1.54, 1.807) is 0 Å². The number of aromatic hydroxyl groups is 1. The van der Waals surface area contributed by atoms with E-state index in [9.17, 15) is 36.6 Å². The lowest BCUT2D eigenvalue weighted by Crippen LogP contribution is -2.54. The first-order chi connectivity index (χ1) is 8.34. The number of benzene rings is 1. The molecule has 0 saturated carbocycles. The van der Waals surface area contributed by atoms with Gasteiger partial charge in [0.25, 0.3) is 5.60 Å². The molecule has 0 aliphatic carbocycles. The van der Waals surface area contributed by atoms with E-state index in [4.69, 9.17) is 0 Å². The van der Waals surface area contributed by atoms with Crippen LogP contribution >= 0.6 is 0 Å². The van der Waals surface area contributed by atoms with Crippen LogP contribution in [0, 0.1) is 13.8 Å². The van der Waals surface area contributed by atoms with Crippen molar-refractivity contribution in [1.82, 2.24) is 0 Å². The average Bonchev–Trinajstić information content (AvgIpc) is 2.20. The van der Waals surface area contributed by atoms with E-state index < -0.39 is 40.4 Å². The topological polar surface area (TPSA) is 40.5 Å². The highest BCUT2D eigenvalue weighted by Gasteiger charge is 2.72. The highest BCUT2D eigenvalue weighted by molar-refractivity contribution is 5.47. The Morgan fingerprint density at radius 1 is 0.895 bits per heavy atom. The molecule has 1 aromatic carbocycles. The summed E-state index contributed by atoms with van der Waals surface area (Å²) in [6.07, 6.45) is -11.9. The van der Waals surface area contributed by atoms with Crippen molar-refractivity contribution in [2.75, 3.05) is 0 Å². The molecule has 1 rings (SSSR count). The van der Waals surface area contributed by atoms with Crippen molar-refractivity contribution < 1.29 is 36.6 Å². The molecular formula is C11H10F6O2. The van der Waals surface area contributed by atoms with Crippen LogP contribution in [0.2, 0.25) is 0 Å². The third kappa shape index (κ3) is 2.24. The molecule has 8 heteroatoms. The first-order valence-electron chi connectivity index (χ1n) is 4.99. The molecule has 0 saturated heterocycles. The summed E-state index contributed by atoms with van der Waals surface area (Å²) in [5.74, 6) is -0.757. The van der Waals surface area contributed by atoms with Crippen LogP contribution in [0.3, 0.4) is 0 Å². The summed E-state index contributed by atoms with van der Waals surface area (Å²) in [5.41, 5.74) is -7.51. The molecule has 0 bridgehead atoms. The second kappa shape index (κ2) is 4.29. The average molecular weight is 288 g/mol. The molecule has 0 aliphatic rings. The molecule has 0 aliphatic heterocycles. The van der Waals surface area contributed by atoms with Gasteiger partial charge < -0.3 is 10.2 Å². The first-order valence-corrected chi connectivity index (χ1v) is 4.99. The Hall–Kier alpha value is -1.44. The second-order valence-electron chi connectivity index (χ2n) is 4.11. The second-order valence-corrected chi connectivity index (χ2v) is 4.11. The van der Waals surface area contributed by atoms with Crippen molar-refractivity contribution >= 4 is 0 Å². The van der Waals surface area contributed by atoms with Crippen LogP contribution < -0.4 is 0 Å². The van der Waals surface area contributed by atoms with Crippen LogP contribution in [0.25, 0.3) is 0 Å². The van der Waals surface area contributed by atoms with Crippen LogP contribution in [0.5, 0.6) is 5.75 Å². The quantitative estimate of drug-likeness (QED) is 0.778. The number of rotatable bonds is 1. The summed E-state index contributed by atoms with van der Waals surface area (Å²) >= 11 is 0. The molecule has 0 radical (unpaired) electrons. The van der Waals surface area contributed by atoms with Gasteiger partial charge in [-0.15, -0.1) is 0 Å². The Balaban J connectivity index is 3.76. The van der Waals surface area contributed by atoms with Gasteiger partial charge >= 0.3 is 12.4 Å². The predicted octanol–water partition coefficient (Wildman–Crippen LogP) is 3.32. The van der Waals surface area contributed by atoms with E-state index in [1.807, 2.05) is 0 Å². The molecule has 2 N–H and O–H groups in total. The van der Waals surface area contributed by atoms with Gasteiger partial charge in [0, 0.05) is 5.56 Å². The van der Waals surface area contributed by atoms with Crippen LogP contribution in [-0.2, 0) is 5.60 Å². The molecule has 1 aromatic rings. The summed E-state index contributed by atoms with van der Waals surface area (Å²) in [6.45, 7) is 1.87. The fourth-order valence-electron chi connectivity index (χ4n) is 1.84. The minimum atomic E-state index is -5.96. The zero-order valence-corrected chi connectivity index (χ0v) is 9.82. The van der Waals surface area contributed by atoms with Gasteiger partial charge in [-0.1, -0.05) is 6.07 Å². The fraction of sp³-hybridized carbons (Fsp3) is 0.455. The van der Waals surface area contributed by atoms with Gasteiger partial charge in [0.2, 0.25) is 0 Å². The standard InChI is InChI=1S/C11H10F6O2/c1-5-3-4-7(18)6(2)8(5)9(19,10(12,13)14)11(15,16)17/h3-4,18-19H,1-2H3. The van der Waals surface area contributed by atoms with Gasteiger partial charge in [-0.25, -0.2) is 0 Å². The number of aryl methyl sites for hydroxylation is 1. The largest absolute Gasteiger partial charge is 0.508 e. The van der Waals surface area contributed by atoms with E-state index in [2.05, 4.69) is 0 Å². The van der Waals surface area contributed by atoms with Crippen LogP contribution in [-0.4, -0.2) is 22.6 Å². The number of halogens is 6. The van der Waals surface area contributed by atoms with E-state index in [1.165, 1.54) is 0 Å². The normalized spacial score (nSPS) is 13.7. The maximum Gasteiger partial charge on any atom is 0.430 e. The van der Waals surface area contributed by atoms with Crippen molar-refractivity contribution in [3.63, 3.8) is 0 Å². The molecule has 108 valence electrons. The van der Waals surface area contributed by atoms with E-state index in [-0.39, 0.29) is 0 Å². The highest BCUT2D eigenvalue weighted by Crippen LogP contribution is 2.52. The van der Waals surface area contributed by atoms with Gasteiger partial charge in [-0.2, -0.15) is 26.3 Å². The Kier molecular flexibility index (Phi) is 3.53. The van der Waals surface area contributed by atoms with Crippen molar-refractivity contribution in [3.05, 3.63) is 28.8 Å². The number of phenols is 1. The maximum atomic E-state index is 12.7. The zero-order chi connectivity index (χ0) is 15.2. The number of aliphatic hydroxyl groups is 1. The van der Waals surface area contributed by atoms with Crippen molar-refractivity contribution in [2.45, 2.75) is 31.8 Å². The van der Waals surface area contributed by atoms with E-state index in [0.29, 0.717) is 0 Å². The lowest BCUT2D eigenvalue weighted by molar-refractivity contribution is -0.376. The minimum Gasteiger partial charge on any atom is -0.508 e.